The fraction of sp³-hybridized carbons (Fsp3) is 0.706. The zero-order chi connectivity index (χ0) is 14.8. The van der Waals surface area contributed by atoms with Crippen molar-refractivity contribution < 1.29 is 0 Å². The first kappa shape index (κ1) is 17.1. The lowest BCUT2D eigenvalue weighted by molar-refractivity contribution is 0.164. The second-order valence-corrected chi connectivity index (χ2v) is 5.55. The molecule has 3 heteroatoms. The highest BCUT2D eigenvalue weighted by Crippen LogP contribution is 2.25. The van der Waals surface area contributed by atoms with Crippen LogP contribution in [0.15, 0.2) is 24.5 Å². The maximum Gasteiger partial charge on any atom is 0.0514 e. The first-order valence-electron chi connectivity index (χ1n) is 8.14. The zero-order valence-corrected chi connectivity index (χ0v) is 13.4. The van der Waals surface area contributed by atoms with Gasteiger partial charge in [0.2, 0.25) is 0 Å². The van der Waals surface area contributed by atoms with Gasteiger partial charge in [-0.2, -0.15) is 0 Å². The molecule has 0 aliphatic carbocycles. The SMILES string of the molecule is CCCCN(CCCC)C(c1cccnc1)C(N)CC. The van der Waals surface area contributed by atoms with E-state index in [4.69, 9.17) is 5.73 Å². The monoisotopic (exact) mass is 277 g/mol. The van der Waals surface area contributed by atoms with Gasteiger partial charge in [-0.3, -0.25) is 9.88 Å². The molecule has 1 heterocycles. The van der Waals surface area contributed by atoms with Crippen LogP contribution >= 0.6 is 0 Å². The lowest BCUT2D eigenvalue weighted by atomic mass is 9.97. The van der Waals surface area contributed by atoms with E-state index >= 15 is 0 Å². The van der Waals surface area contributed by atoms with E-state index in [-0.39, 0.29) is 6.04 Å². The number of hydrogen-bond acceptors (Lipinski definition) is 3. The van der Waals surface area contributed by atoms with Crippen LogP contribution in [0, 0.1) is 0 Å². The van der Waals surface area contributed by atoms with Crippen molar-refractivity contribution in [2.45, 2.75) is 65.0 Å². The Balaban J connectivity index is 2.91. The van der Waals surface area contributed by atoms with Gasteiger partial charge >= 0.3 is 0 Å². The fourth-order valence-electron chi connectivity index (χ4n) is 2.62. The second-order valence-electron chi connectivity index (χ2n) is 5.55. The van der Waals surface area contributed by atoms with Gasteiger partial charge in [0, 0.05) is 18.4 Å². The van der Waals surface area contributed by atoms with Gasteiger partial charge in [-0.1, -0.05) is 39.7 Å². The van der Waals surface area contributed by atoms with Gasteiger partial charge < -0.3 is 5.73 Å². The molecule has 3 nitrogen and oxygen atoms in total. The van der Waals surface area contributed by atoms with E-state index in [0.29, 0.717) is 6.04 Å². The molecule has 1 rings (SSSR count). The topological polar surface area (TPSA) is 42.2 Å². The van der Waals surface area contributed by atoms with E-state index in [9.17, 15) is 0 Å². The summed E-state index contributed by atoms with van der Waals surface area (Å²) in [5.74, 6) is 0. The average molecular weight is 277 g/mol. The predicted molar refractivity (Wildman–Crippen MR) is 86.6 cm³/mol. The summed E-state index contributed by atoms with van der Waals surface area (Å²) in [5, 5.41) is 0. The number of unbranched alkanes of at least 4 members (excludes halogenated alkanes) is 2. The van der Waals surface area contributed by atoms with Crippen LogP contribution in [0.25, 0.3) is 0 Å². The normalized spacial score (nSPS) is 14.4. The molecule has 2 atom stereocenters. The Bertz CT molecular complexity index is 331. The largest absolute Gasteiger partial charge is 0.326 e. The molecule has 1 aromatic heterocycles. The Labute approximate surface area is 124 Å². The maximum atomic E-state index is 6.42. The summed E-state index contributed by atoms with van der Waals surface area (Å²) >= 11 is 0. The molecule has 0 radical (unpaired) electrons. The van der Waals surface area contributed by atoms with Crippen molar-refractivity contribution in [3.63, 3.8) is 0 Å². The molecule has 0 fully saturated rings. The maximum absolute atomic E-state index is 6.42. The lowest BCUT2D eigenvalue weighted by Crippen LogP contribution is -2.42. The Morgan fingerprint density at radius 1 is 1.15 bits per heavy atom. The smallest absolute Gasteiger partial charge is 0.0514 e. The summed E-state index contributed by atoms with van der Waals surface area (Å²) in [6.07, 6.45) is 9.72. The molecule has 1 aromatic rings. The number of pyridine rings is 1. The standard InChI is InChI=1S/C17H31N3/c1-4-7-12-20(13-8-5-2)17(16(18)6-3)15-10-9-11-19-14-15/h9-11,14,16-17H,4-8,12-13,18H2,1-3H3. The molecule has 0 bridgehead atoms. The van der Waals surface area contributed by atoms with Gasteiger partial charge in [0.05, 0.1) is 6.04 Å². The molecule has 0 aliphatic rings. The van der Waals surface area contributed by atoms with E-state index in [0.717, 1.165) is 19.5 Å². The van der Waals surface area contributed by atoms with Crippen molar-refractivity contribution >= 4 is 0 Å². The van der Waals surface area contributed by atoms with Crippen LogP contribution in [0.1, 0.15) is 64.5 Å². The van der Waals surface area contributed by atoms with Crippen molar-refractivity contribution in [1.29, 1.82) is 0 Å². The highest BCUT2D eigenvalue weighted by molar-refractivity contribution is 5.16. The van der Waals surface area contributed by atoms with Gasteiger partial charge in [-0.25, -0.2) is 0 Å². The second kappa shape index (κ2) is 9.89. The Morgan fingerprint density at radius 3 is 2.25 bits per heavy atom. The minimum atomic E-state index is 0.174. The van der Waals surface area contributed by atoms with Gasteiger partial charge in [-0.15, -0.1) is 0 Å². The molecular formula is C17H31N3. The Kier molecular flexibility index (Phi) is 8.47. The van der Waals surface area contributed by atoms with Crippen LogP contribution in [0.3, 0.4) is 0 Å². The number of aromatic nitrogens is 1. The number of nitrogens with two attached hydrogens (primary N) is 1. The van der Waals surface area contributed by atoms with Crippen LogP contribution in [-0.4, -0.2) is 29.0 Å². The lowest BCUT2D eigenvalue weighted by Gasteiger charge is -2.35. The zero-order valence-electron chi connectivity index (χ0n) is 13.4. The Morgan fingerprint density at radius 2 is 1.80 bits per heavy atom. The first-order valence-corrected chi connectivity index (χ1v) is 8.14. The summed E-state index contributed by atoms with van der Waals surface area (Å²) < 4.78 is 0. The van der Waals surface area contributed by atoms with Crippen molar-refractivity contribution in [2.24, 2.45) is 5.73 Å². The van der Waals surface area contributed by atoms with E-state index in [1.165, 1.54) is 31.2 Å². The number of rotatable bonds is 10. The summed E-state index contributed by atoms with van der Waals surface area (Å²) in [6.45, 7) is 8.92. The van der Waals surface area contributed by atoms with Crippen molar-refractivity contribution in [3.8, 4) is 0 Å². The van der Waals surface area contributed by atoms with Gasteiger partial charge in [0.15, 0.2) is 0 Å². The minimum Gasteiger partial charge on any atom is -0.326 e. The highest BCUT2D eigenvalue weighted by atomic mass is 15.2. The van der Waals surface area contributed by atoms with E-state index in [1.807, 2.05) is 18.5 Å². The molecular weight excluding hydrogens is 246 g/mol. The van der Waals surface area contributed by atoms with E-state index in [2.05, 4.69) is 36.7 Å². The number of nitrogens with zero attached hydrogens (tertiary/aromatic N) is 2. The molecule has 0 aliphatic heterocycles. The summed E-state index contributed by atoms with van der Waals surface area (Å²) in [4.78, 5) is 6.85. The van der Waals surface area contributed by atoms with Gasteiger partial charge in [0.1, 0.15) is 0 Å². The highest BCUT2D eigenvalue weighted by Gasteiger charge is 2.25. The van der Waals surface area contributed by atoms with Crippen LogP contribution in [0.5, 0.6) is 0 Å². The van der Waals surface area contributed by atoms with Gasteiger partial charge in [0.25, 0.3) is 0 Å². The first-order chi connectivity index (χ1) is 9.74. The van der Waals surface area contributed by atoms with Crippen LogP contribution < -0.4 is 5.73 Å². The average Bonchev–Trinajstić information content (AvgIpc) is 2.50. The Hall–Kier alpha value is -0.930. The van der Waals surface area contributed by atoms with Gasteiger partial charge in [-0.05, 0) is 44.0 Å². The van der Waals surface area contributed by atoms with Crippen molar-refractivity contribution in [1.82, 2.24) is 9.88 Å². The van der Waals surface area contributed by atoms with Crippen LogP contribution in [0.4, 0.5) is 0 Å². The van der Waals surface area contributed by atoms with Crippen LogP contribution in [-0.2, 0) is 0 Å². The van der Waals surface area contributed by atoms with E-state index in [1.54, 1.807) is 0 Å². The molecule has 0 amide bonds. The summed E-state index contributed by atoms with van der Waals surface area (Å²) in [7, 11) is 0. The minimum absolute atomic E-state index is 0.174. The summed E-state index contributed by atoms with van der Waals surface area (Å²) in [5.41, 5.74) is 7.68. The van der Waals surface area contributed by atoms with Crippen molar-refractivity contribution in [3.05, 3.63) is 30.1 Å². The molecule has 0 saturated carbocycles. The van der Waals surface area contributed by atoms with Crippen molar-refractivity contribution in [2.75, 3.05) is 13.1 Å². The third-order valence-corrected chi connectivity index (χ3v) is 3.89. The third-order valence-electron chi connectivity index (χ3n) is 3.89. The molecule has 0 aromatic carbocycles. The molecule has 114 valence electrons. The predicted octanol–water partition coefficient (Wildman–Crippen LogP) is 3.76. The number of hydrogen-bond donors (Lipinski definition) is 1. The molecule has 2 N–H and O–H groups in total. The fourth-order valence-corrected chi connectivity index (χ4v) is 2.62. The third kappa shape index (κ3) is 5.22. The summed E-state index contributed by atoms with van der Waals surface area (Å²) in [6, 6.07) is 4.65. The van der Waals surface area contributed by atoms with E-state index < -0.39 is 0 Å². The molecule has 2 unspecified atom stereocenters. The molecule has 0 saturated heterocycles. The molecule has 20 heavy (non-hydrogen) atoms. The van der Waals surface area contributed by atoms with Crippen LogP contribution in [0.2, 0.25) is 0 Å². The molecule has 0 spiro atoms. The quantitative estimate of drug-likeness (QED) is 0.708.